The van der Waals surface area contributed by atoms with Gasteiger partial charge in [0.2, 0.25) is 5.91 Å². The first-order valence-corrected chi connectivity index (χ1v) is 10.9. The van der Waals surface area contributed by atoms with Crippen LogP contribution in [-0.2, 0) is 4.79 Å². The summed E-state index contributed by atoms with van der Waals surface area (Å²) in [5.74, 6) is 2.13. The molecule has 0 radical (unpaired) electrons. The molecule has 0 aliphatic carbocycles. The maximum absolute atomic E-state index is 12.7. The number of benzene rings is 3. The zero-order valence-electron chi connectivity index (χ0n) is 18.8. The SMILES string of the molecule is COc1ccc(-c2cc(NC(=O)CCCOc3ccccc3)n(-c3ccc(C)cc3)n2)cc1. The van der Waals surface area contributed by atoms with E-state index in [0.29, 0.717) is 25.3 Å². The van der Waals surface area contributed by atoms with Crippen LogP contribution in [0.3, 0.4) is 0 Å². The molecule has 0 saturated carbocycles. The molecule has 0 unspecified atom stereocenters. The van der Waals surface area contributed by atoms with E-state index in [9.17, 15) is 4.79 Å². The number of nitrogens with zero attached hydrogens (tertiary/aromatic N) is 2. The van der Waals surface area contributed by atoms with Crippen molar-refractivity contribution in [3.63, 3.8) is 0 Å². The predicted octanol–water partition coefficient (Wildman–Crippen LogP) is 5.65. The lowest BCUT2D eigenvalue weighted by Crippen LogP contribution is -2.15. The molecule has 33 heavy (non-hydrogen) atoms. The van der Waals surface area contributed by atoms with Gasteiger partial charge in [0.05, 0.1) is 25.1 Å². The molecule has 1 amide bonds. The number of carbonyl (C=O) groups excluding carboxylic acids is 1. The van der Waals surface area contributed by atoms with Crippen LogP contribution in [0.5, 0.6) is 11.5 Å². The normalized spacial score (nSPS) is 10.6. The summed E-state index contributed by atoms with van der Waals surface area (Å²) in [7, 11) is 1.64. The van der Waals surface area contributed by atoms with Crippen LogP contribution in [0.2, 0.25) is 0 Å². The van der Waals surface area contributed by atoms with Gasteiger partial charge in [0, 0.05) is 18.1 Å². The van der Waals surface area contributed by atoms with E-state index >= 15 is 0 Å². The Hall–Kier alpha value is -4.06. The average molecular weight is 442 g/mol. The third kappa shape index (κ3) is 5.80. The number of aromatic nitrogens is 2. The van der Waals surface area contributed by atoms with Crippen molar-refractivity contribution >= 4 is 11.7 Å². The van der Waals surface area contributed by atoms with Gasteiger partial charge in [-0.2, -0.15) is 5.10 Å². The summed E-state index contributed by atoms with van der Waals surface area (Å²) >= 11 is 0. The van der Waals surface area contributed by atoms with Gasteiger partial charge in [-0.25, -0.2) is 4.68 Å². The summed E-state index contributed by atoms with van der Waals surface area (Å²) in [6.45, 7) is 2.52. The quantitative estimate of drug-likeness (QED) is 0.341. The summed E-state index contributed by atoms with van der Waals surface area (Å²) in [6, 6.07) is 27.2. The number of hydrogen-bond donors (Lipinski definition) is 1. The van der Waals surface area contributed by atoms with Crippen molar-refractivity contribution in [1.82, 2.24) is 9.78 Å². The second-order valence-electron chi connectivity index (χ2n) is 7.70. The molecule has 4 rings (SSSR count). The van der Waals surface area contributed by atoms with Crippen LogP contribution in [0, 0.1) is 6.92 Å². The lowest BCUT2D eigenvalue weighted by atomic mass is 10.1. The number of ether oxygens (including phenoxy) is 2. The van der Waals surface area contributed by atoms with Crippen molar-refractivity contribution < 1.29 is 14.3 Å². The highest BCUT2D eigenvalue weighted by molar-refractivity contribution is 5.90. The Labute approximate surface area is 193 Å². The number of hydrogen-bond acceptors (Lipinski definition) is 4. The monoisotopic (exact) mass is 441 g/mol. The average Bonchev–Trinajstić information content (AvgIpc) is 3.26. The third-order valence-corrected chi connectivity index (χ3v) is 5.20. The fourth-order valence-electron chi connectivity index (χ4n) is 3.40. The largest absolute Gasteiger partial charge is 0.497 e. The Bertz CT molecular complexity index is 1180. The molecule has 6 heteroatoms. The van der Waals surface area contributed by atoms with E-state index in [2.05, 4.69) is 5.32 Å². The fraction of sp³-hybridized carbons (Fsp3) is 0.185. The molecular formula is C27H27N3O3. The summed E-state index contributed by atoms with van der Waals surface area (Å²) in [5.41, 5.74) is 3.74. The highest BCUT2D eigenvalue weighted by atomic mass is 16.5. The summed E-state index contributed by atoms with van der Waals surface area (Å²) in [6.07, 6.45) is 0.967. The van der Waals surface area contributed by atoms with E-state index in [1.165, 1.54) is 0 Å². The van der Waals surface area contributed by atoms with Gasteiger partial charge in [-0.3, -0.25) is 4.79 Å². The maximum Gasteiger partial charge on any atom is 0.225 e. The number of methoxy groups -OCH3 is 1. The molecule has 6 nitrogen and oxygen atoms in total. The Morgan fingerprint density at radius 2 is 1.67 bits per heavy atom. The molecule has 0 saturated heterocycles. The lowest BCUT2D eigenvalue weighted by molar-refractivity contribution is -0.116. The number of rotatable bonds is 9. The molecular weight excluding hydrogens is 414 g/mol. The zero-order valence-corrected chi connectivity index (χ0v) is 18.8. The summed E-state index contributed by atoms with van der Waals surface area (Å²) in [5, 5.41) is 7.78. The van der Waals surface area contributed by atoms with Crippen LogP contribution in [0.4, 0.5) is 5.82 Å². The van der Waals surface area contributed by atoms with E-state index in [1.54, 1.807) is 11.8 Å². The van der Waals surface area contributed by atoms with Crippen molar-refractivity contribution in [3.05, 3.63) is 90.5 Å². The highest BCUT2D eigenvalue weighted by Crippen LogP contribution is 2.27. The van der Waals surface area contributed by atoms with Gasteiger partial charge >= 0.3 is 0 Å². The summed E-state index contributed by atoms with van der Waals surface area (Å²) < 4.78 is 12.7. The fourth-order valence-corrected chi connectivity index (χ4v) is 3.40. The second kappa shape index (κ2) is 10.5. The van der Waals surface area contributed by atoms with E-state index in [-0.39, 0.29) is 5.91 Å². The smallest absolute Gasteiger partial charge is 0.225 e. The van der Waals surface area contributed by atoms with Crippen molar-refractivity contribution in [2.75, 3.05) is 19.0 Å². The van der Waals surface area contributed by atoms with Gasteiger partial charge in [-0.15, -0.1) is 0 Å². The zero-order chi connectivity index (χ0) is 23.0. The molecule has 1 aromatic heterocycles. The van der Waals surface area contributed by atoms with Crippen LogP contribution < -0.4 is 14.8 Å². The number of carbonyl (C=O) groups is 1. The summed E-state index contributed by atoms with van der Waals surface area (Å²) in [4.78, 5) is 12.7. The molecule has 3 aromatic carbocycles. The molecule has 0 aliphatic heterocycles. The predicted molar refractivity (Wildman–Crippen MR) is 130 cm³/mol. The van der Waals surface area contributed by atoms with E-state index in [0.717, 1.165) is 34.0 Å². The van der Waals surface area contributed by atoms with Crippen molar-refractivity contribution in [3.8, 4) is 28.4 Å². The lowest BCUT2D eigenvalue weighted by Gasteiger charge is -2.10. The number of nitrogens with one attached hydrogen (secondary N) is 1. The van der Waals surface area contributed by atoms with Gasteiger partial charge in [-0.05, 0) is 61.9 Å². The molecule has 0 bridgehead atoms. The molecule has 0 aliphatic rings. The molecule has 0 atom stereocenters. The minimum Gasteiger partial charge on any atom is -0.497 e. The first-order chi connectivity index (χ1) is 16.1. The van der Waals surface area contributed by atoms with Crippen molar-refractivity contribution in [2.45, 2.75) is 19.8 Å². The number of anilines is 1. The Morgan fingerprint density at radius 1 is 0.939 bits per heavy atom. The van der Waals surface area contributed by atoms with Crippen LogP contribution in [0.15, 0.2) is 84.9 Å². The van der Waals surface area contributed by atoms with Gasteiger partial charge < -0.3 is 14.8 Å². The maximum atomic E-state index is 12.7. The minimum atomic E-state index is -0.0822. The van der Waals surface area contributed by atoms with Crippen LogP contribution >= 0.6 is 0 Å². The van der Waals surface area contributed by atoms with Crippen LogP contribution in [-0.4, -0.2) is 29.4 Å². The molecule has 168 valence electrons. The second-order valence-corrected chi connectivity index (χ2v) is 7.70. The Kier molecular flexibility index (Phi) is 7.05. The van der Waals surface area contributed by atoms with Crippen molar-refractivity contribution in [2.24, 2.45) is 0 Å². The Morgan fingerprint density at radius 3 is 2.36 bits per heavy atom. The molecule has 1 heterocycles. The van der Waals surface area contributed by atoms with Gasteiger partial charge in [0.15, 0.2) is 0 Å². The van der Waals surface area contributed by atoms with Crippen LogP contribution in [0.25, 0.3) is 16.9 Å². The molecule has 4 aromatic rings. The first-order valence-electron chi connectivity index (χ1n) is 10.9. The Balaban J connectivity index is 1.48. The van der Waals surface area contributed by atoms with Crippen molar-refractivity contribution in [1.29, 1.82) is 0 Å². The van der Waals surface area contributed by atoms with Gasteiger partial charge in [0.25, 0.3) is 0 Å². The highest BCUT2D eigenvalue weighted by Gasteiger charge is 2.14. The van der Waals surface area contributed by atoms with Gasteiger partial charge in [-0.1, -0.05) is 35.9 Å². The first kappa shape index (κ1) is 22.1. The van der Waals surface area contributed by atoms with Crippen LogP contribution in [0.1, 0.15) is 18.4 Å². The van der Waals surface area contributed by atoms with Gasteiger partial charge in [0.1, 0.15) is 17.3 Å². The van der Waals surface area contributed by atoms with E-state index in [4.69, 9.17) is 14.6 Å². The van der Waals surface area contributed by atoms with E-state index in [1.807, 2.05) is 91.9 Å². The number of amides is 1. The minimum absolute atomic E-state index is 0.0822. The van der Waals surface area contributed by atoms with E-state index < -0.39 is 0 Å². The topological polar surface area (TPSA) is 65.4 Å². The molecule has 0 spiro atoms. The third-order valence-electron chi connectivity index (χ3n) is 5.20. The molecule has 1 N–H and O–H groups in total. The number of para-hydroxylation sites is 1. The standard InChI is InChI=1S/C27H27N3O3/c1-20-10-14-22(15-11-20)30-26(19-25(29-30)21-12-16-23(32-2)17-13-21)28-27(31)9-6-18-33-24-7-4-3-5-8-24/h3-5,7-8,10-17,19H,6,9,18H2,1-2H3,(H,28,31). The molecule has 0 fully saturated rings. The number of aryl methyl sites for hydroxylation is 1.